The molecule has 1 aliphatic heterocycles. The van der Waals surface area contributed by atoms with E-state index in [0.717, 1.165) is 16.7 Å². The maximum atomic E-state index is 12.1. The molecule has 2 heterocycles. The van der Waals surface area contributed by atoms with Gasteiger partial charge in [-0.15, -0.1) is 11.8 Å². The molecule has 6 nitrogen and oxygen atoms in total. The van der Waals surface area contributed by atoms with Gasteiger partial charge in [0.05, 0.1) is 28.3 Å². The van der Waals surface area contributed by atoms with Crippen molar-refractivity contribution >= 4 is 44.2 Å². The number of thioether (sulfide) groups is 1. The molecule has 0 saturated carbocycles. The number of aromatic nitrogens is 2. The van der Waals surface area contributed by atoms with Crippen LogP contribution in [0.15, 0.2) is 54.9 Å². The molecule has 3 aromatic rings. The van der Waals surface area contributed by atoms with E-state index in [1.54, 1.807) is 6.33 Å². The van der Waals surface area contributed by atoms with Crippen molar-refractivity contribution in [2.75, 3.05) is 22.6 Å². The number of hydrogen-bond acceptors (Lipinski definition) is 5. The predicted molar refractivity (Wildman–Crippen MR) is 109 cm³/mol. The highest BCUT2D eigenvalue weighted by Gasteiger charge is 2.28. The lowest BCUT2D eigenvalue weighted by molar-refractivity contribution is -0.113. The van der Waals surface area contributed by atoms with Gasteiger partial charge in [-0.05, 0) is 42.8 Å². The zero-order valence-corrected chi connectivity index (χ0v) is 16.2. The number of para-hydroxylation sites is 2. The lowest BCUT2D eigenvalue weighted by atomic mass is 10.2. The summed E-state index contributed by atoms with van der Waals surface area (Å²) in [5.41, 5.74) is 3.64. The molecule has 0 aliphatic carbocycles. The standard InChI is InChI=1S/C19H19N3O3S2/c23-19(11-26-16-9-10-27(24,25)12-16)21-14-5-7-15(8-6-14)22-13-20-17-3-1-2-4-18(17)22/h1-8,13,16H,9-12H2,(H,21,23). The zero-order valence-electron chi connectivity index (χ0n) is 14.5. The topological polar surface area (TPSA) is 81.1 Å². The molecule has 1 amide bonds. The molecule has 1 saturated heterocycles. The van der Waals surface area contributed by atoms with Crippen LogP contribution in [-0.2, 0) is 14.6 Å². The van der Waals surface area contributed by atoms with Crippen LogP contribution in [0, 0.1) is 0 Å². The number of fused-ring (bicyclic) bond motifs is 1. The van der Waals surface area contributed by atoms with Gasteiger partial charge >= 0.3 is 0 Å². The first-order valence-corrected chi connectivity index (χ1v) is 11.5. The van der Waals surface area contributed by atoms with Gasteiger partial charge in [0.15, 0.2) is 9.84 Å². The molecule has 2 aromatic carbocycles. The molecule has 0 radical (unpaired) electrons. The van der Waals surface area contributed by atoms with Crippen molar-refractivity contribution in [2.24, 2.45) is 0 Å². The highest BCUT2D eigenvalue weighted by Crippen LogP contribution is 2.24. The molecule has 0 bridgehead atoms. The molecule has 1 N–H and O–H groups in total. The third-order valence-electron chi connectivity index (χ3n) is 4.52. The van der Waals surface area contributed by atoms with Crippen LogP contribution in [0.5, 0.6) is 0 Å². The second kappa shape index (κ2) is 7.36. The lowest BCUT2D eigenvalue weighted by Gasteiger charge is -2.09. The van der Waals surface area contributed by atoms with Crippen LogP contribution in [0.1, 0.15) is 6.42 Å². The SMILES string of the molecule is O=C(CSC1CCS(=O)(=O)C1)Nc1ccc(-n2cnc3ccccc32)cc1. The van der Waals surface area contributed by atoms with Crippen LogP contribution in [0.25, 0.3) is 16.7 Å². The highest BCUT2D eigenvalue weighted by atomic mass is 32.2. The molecule has 4 rings (SSSR count). The van der Waals surface area contributed by atoms with E-state index >= 15 is 0 Å². The van der Waals surface area contributed by atoms with E-state index in [0.29, 0.717) is 12.1 Å². The molecular weight excluding hydrogens is 382 g/mol. The van der Waals surface area contributed by atoms with Crippen molar-refractivity contribution in [2.45, 2.75) is 11.7 Å². The average molecular weight is 402 g/mol. The number of sulfone groups is 1. The summed E-state index contributed by atoms with van der Waals surface area (Å²) >= 11 is 1.41. The number of carbonyl (C=O) groups is 1. The van der Waals surface area contributed by atoms with Crippen molar-refractivity contribution in [1.29, 1.82) is 0 Å². The molecule has 1 aliphatic rings. The minimum absolute atomic E-state index is 0.0256. The van der Waals surface area contributed by atoms with Crippen molar-refractivity contribution in [3.63, 3.8) is 0 Å². The molecular formula is C19H19N3O3S2. The van der Waals surface area contributed by atoms with Gasteiger partial charge in [0, 0.05) is 16.6 Å². The van der Waals surface area contributed by atoms with E-state index in [9.17, 15) is 13.2 Å². The Hall–Kier alpha value is -2.32. The van der Waals surface area contributed by atoms with Crippen LogP contribution in [0.3, 0.4) is 0 Å². The first-order chi connectivity index (χ1) is 13.0. The summed E-state index contributed by atoms with van der Waals surface area (Å²) in [5.74, 6) is 0.550. The number of nitrogens with zero attached hydrogens (tertiary/aromatic N) is 2. The summed E-state index contributed by atoms with van der Waals surface area (Å²) in [4.78, 5) is 16.5. The summed E-state index contributed by atoms with van der Waals surface area (Å²) in [7, 11) is -2.90. The summed E-state index contributed by atoms with van der Waals surface area (Å²) in [6.07, 6.45) is 2.42. The van der Waals surface area contributed by atoms with Gasteiger partial charge in [0.2, 0.25) is 5.91 Å². The van der Waals surface area contributed by atoms with Gasteiger partial charge in [0.25, 0.3) is 0 Å². The number of amides is 1. The molecule has 140 valence electrons. The maximum Gasteiger partial charge on any atom is 0.234 e. The van der Waals surface area contributed by atoms with Crippen LogP contribution < -0.4 is 5.32 Å². The zero-order chi connectivity index (χ0) is 18.9. The van der Waals surface area contributed by atoms with Crippen LogP contribution in [-0.4, -0.2) is 46.4 Å². The molecule has 1 atom stereocenters. The number of benzene rings is 2. The van der Waals surface area contributed by atoms with E-state index in [-0.39, 0.29) is 28.4 Å². The first-order valence-electron chi connectivity index (χ1n) is 8.65. The van der Waals surface area contributed by atoms with Gasteiger partial charge in [-0.1, -0.05) is 12.1 Å². The fraction of sp³-hybridized carbons (Fsp3) is 0.263. The monoisotopic (exact) mass is 401 g/mol. The van der Waals surface area contributed by atoms with Crippen molar-refractivity contribution in [1.82, 2.24) is 9.55 Å². The van der Waals surface area contributed by atoms with Gasteiger partial charge < -0.3 is 5.32 Å². The largest absolute Gasteiger partial charge is 0.325 e. The fourth-order valence-corrected chi connectivity index (χ4v) is 6.60. The first kappa shape index (κ1) is 18.1. The summed E-state index contributed by atoms with van der Waals surface area (Å²) in [6.45, 7) is 0. The van der Waals surface area contributed by atoms with Crippen molar-refractivity contribution in [3.05, 3.63) is 54.9 Å². The third kappa shape index (κ3) is 4.17. The molecule has 0 spiro atoms. The second-order valence-corrected chi connectivity index (χ2v) is 10.1. The van der Waals surface area contributed by atoms with Gasteiger partial charge in [0.1, 0.15) is 6.33 Å². The minimum Gasteiger partial charge on any atom is -0.325 e. The Labute approximate surface area is 161 Å². The van der Waals surface area contributed by atoms with Crippen molar-refractivity contribution < 1.29 is 13.2 Å². The van der Waals surface area contributed by atoms with Gasteiger partial charge in [-0.3, -0.25) is 9.36 Å². The maximum absolute atomic E-state index is 12.1. The quantitative estimate of drug-likeness (QED) is 0.711. The number of imidazole rings is 1. The van der Waals surface area contributed by atoms with Crippen LogP contribution in [0.4, 0.5) is 5.69 Å². The van der Waals surface area contributed by atoms with Crippen LogP contribution in [0.2, 0.25) is 0 Å². The number of rotatable bonds is 5. The normalized spacial score (nSPS) is 18.6. The Balaban J connectivity index is 1.37. The Morgan fingerprint density at radius 3 is 2.70 bits per heavy atom. The molecule has 8 heteroatoms. The Bertz CT molecular complexity index is 1080. The van der Waals surface area contributed by atoms with Gasteiger partial charge in [-0.25, -0.2) is 13.4 Å². The van der Waals surface area contributed by atoms with Crippen LogP contribution >= 0.6 is 11.8 Å². The summed E-state index contributed by atoms with van der Waals surface area (Å²) in [6, 6.07) is 15.5. The second-order valence-electron chi connectivity index (χ2n) is 6.53. The summed E-state index contributed by atoms with van der Waals surface area (Å²) in [5, 5.41) is 2.89. The Morgan fingerprint density at radius 2 is 1.96 bits per heavy atom. The summed E-state index contributed by atoms with van der Waals surface area (Å²) < 4.78 is 24.9. The van der Waals surface area contributed by atoms with E-state index in [4.69, 9.17) is 0 Å². The number of carbonyl (C=O) groups excluding carboxylic acids is 1. The number of hydrogen-bond donors (Lipinski definition) is 1. The number of nitrogens with one attached hydrogen (secondary N) is 1. The Kier molecular flexibility index (Phi) is 4.92. The predicted octanol–water partition coefficient (Wildman–Crippen LogP) is 2.88. The third-order valence-corrected chi connectivity index (χ3v) is 7.81. The van der Waals surface area contributed by atoms with E-state index in [1.165, 1.54) is 11.8 Å². The highest BCUT2D eigenvalue weighted by molar-refractivity contribution is 8.02. The molecule has 1 unspecified atom stereocenters. The minimum atomic E-state index is -2.90. The fourth-order valence-electron chi connectivity index (χ4n) is 3.15. The van der Waals surface area contributed by atoms with E-state index < -0.39 is 9.84 Å². The molecule has 27 heavy (non-hydrogen) atoms. The smallest absolute Gasteiger partial charge is 0.234 e. The van der Waals surface area contributed by atoms with Crippen molar-refractivity contribution in [3.8, 4) is 5.69 Å². The van der Waals surface area contributed by atoms with E-state index in [1.807, 2.05) is 53.1 Å². The van der Waals surface area contributed by atoms with E-state index in [2.05, 4.69) is 10.3 Å². The average Bonchev–Trinajstić information content (AvgIpc) is 3.24. The molecule has 1 aromatic heterocycles. The molecule has 1 fully saturated rings. The van der Waals surface area contributed by atoms with Gasteiger partial charge in [-0.2, -0.15) is 0 Å². The Morgan fingerprint density at radius 1 is 1.19 bits per heavy atom. The number of anilines is 1. The lowest BCUT2D eigenvalue weighted by Crippen LogP contribution is -2.17.